The summed E-state index contributed by atoms with van der Waals surface area (Å²) in [5, 5.41) is 2.74. The van der Waals surface area contributed by atoms with Crippen LogP contribution in [0.3, 0.4) is 0 Å². The Balaban J connectivity index is 1.96. The average molecular weight is 342 g/mol. The Morgan fingerprint density at radius 3 is 2.32 bits per heavy atom. The zero-order chi connectivity index (χ0) is 18.4. The van der Waals surface area contributed by atoms with E-state index in [1.807, 2.05) is 32.0 Å². The number of amides is 2. The molecule has 0 heterocycles. The standard InChI is InChI=1S/C20H23FN2O2/c1-14-10-15(2)12-18(11-14)23(16(3)24)13-20(25)22-9-8-17-6-4-5-7-19(17)21/h4-7,10-12H,8-9,13H2,1-3H3,(H,22,25). The van der Waals surface area contributed by atoms with Crippen LogP contribution in [0.2, 0.25) is 0 Å². The zero-order valence-corrected chi connectivity index (χ0v) is 14.8. The lowest BCUT2D eigenvalue weighted by atomic mass is 10.1. The van der Waals surface area contributed by atoms with Gasteiger partial charge in [0.25, 0.3) is 0 Å². The molecular weight excluding hydrogens is 319 g/mol. The van der Waals surface area contributed by atoms with Crippen LogP contribution in [0.25, 0.3) is 0 Å². The molecular formula is C20H23FN2O2. The maximum absolute atomic E-state index is 13.6. The highest BCUT2D eigenvalue weighted by atomic mass is 19.1. The van der Waals surface area contributed by atoms with Crippen molar-refractivity contribution in [3.05, 3.63) is 65.0 Å². The van der Waals surface area contributed by atoms with Crippen LogP contribution in [0.15, 0.2) is 42.5 Å². The van der Waals surface area contributed by atoms with Crippen molar-refractivity contribution >= 4 is 17.5 Å². The summed E-state index contributed by atoms with van der Waals surface area (Å²) >= 11 is 0. The Labute approximate surface area is 147 Å². The Morgan fingerprint density at radius 2 is 1.72 bits per heavy atom. The maximum Gasteiger partial charge on any atom is 0.240 e. The van der Waals surface area contributed by atoms with Crippen LogP contribution in [0.1, 0.15) is 23.6 Å². The molecule has 2 amide bonds. The second-order valence-corrected chi connectivity index (χ2v) is 6.14. The molecule has 5 heteroatoms. The fraction of sp³-hybridized carbons (Fsp3) is 0.300. The third-order valence-corrected chi connectivity index (χ3v) is 3.87. The molecule has 132 valence electrons. The number of carbonyl (C=O) groups excluding carboxylic acids is 2. The number of rotatable bonds is 6. The fourth-order valence-electron chi connectivity index (χ4n) is 2.73. The summed E-state index contributed by atoms with van der Waals surface area (Å²) in [6.45, 7) is 5.59. The van der Waals surface area contributed by atoms with Gasteiger partial charge in [-0.25, -0.2) is 4.39 Å². The van der Waals surface area contributed by atoms with Crippen LogP contribution in [-0.2, 0) is 16.0 Å². The predicted octanol–water partition coefficient (Wildman–Crippen LogP) is 3.15. The second-order valence-electron chi connectivity index (χ2n) is 6.14. The van der Waals surface area contributed by atoms with E-state index in [2.05, 4.69) is 5.32 Å². The minimum absolute atomic E-state index is 0.0600. The van der Waals surface area contributed by atoms with Crippen molar-refractivity contribution in [1.82, 2.24) is 5.32 Å². The molecule has 0 aliphatic carbocycles. The smallest absolute Gasteiger partial charge is 0.240 e. The van der Waals surface area contributed by atoms with Gasteiger partial charge in [-0.2, -0.15) is 0 Å². The number of halogens is 1. The lowest BCUT2D eigenvalue weighted by Gasteiger charge is -2.21. The van der Waals surface area contributed by atoms with Crippen LogP contribution in [0.5, 0.6) is 0 Å². The van der Waals surface area contributed by atoms with E-state index in [9.17, 15) is 14.0 Å². The number of nitrogens with one attached hydrogen (secondary N) is 1. The number of anilines is 1. The molecule has 0 radical (unpaired) electrons. The number of benzene rings is 2. The third-order valence-electron chi connectivity index (χ3n) is 3.87. The Morgan fingerprint density at radius 1 is 1.08 bits per heavy atom. The molecule has 2 aromatic carbocycles. The molecule has 0 unspecified atom stereocenters. The molecule has 1 N–H and O–H groups in total. The molecule has 0 spiro atoms. The van der Waals surface area contributed by atoms with Crippen molar-refractivity contribution < 1.29 is 14.0 Å². The minimum atomic E-state index is -0.280. The maximum atomic E-state index is 13.6. The molecule has 0 aliphatic heterocycles. The molecule has 0 bridgehead atoms. The summed E-state index contributed by atoms with van der Waals surface area (Å²) < 4.78 is 13.6. The van der Waals surface area contributed by atoms with Crippen LogP contribution in [0, 0.1) is 19.7 Å². The summed E-state index contributed by atoms with van der Waals surface area (Å²) in [4.78, 5) is 25.6. The van der Waals surface area contributed by atoms with Gasteiger partial charge in [0.2, 0.25) is 11.8 Å². The van der Waals surface area contributed by atoms with E-state index in [1.165, 1.54) is 17.9 Å². The van der Waals surface area contributed by atoms with Crippen molar-refractivity contribution in [3.63, 3.8) is 0 Å². The quantitative estimate of drug-likeness (QED) is 0.877. The largest absolute Gasteiger partial charge is 0.354 e. The summed E-state index contributed by atoms with van der Waals surface area (Å²) in [5.74, 6) is -0.753. The second kappa shape index (κ2) is 8.42. The van der Waals surface area contributed by atoms with E-state index in [0.29, 0.717) is 24.2 Å². The highest BCUT2D eigenvalue weighted by Crippen LogP contribution is 2.18. The third kappa shape index (κ3) is 5.41. The van der Waals surface area contributed by atoms with Gasteiger partial charge in [0.05, 0.1) is 0 Å². The molecule has 2 rings (SSSR count). The van der Waals surface area contributed by atoms with E-state index >= 15 is 0 Å². The lowest BCUT2D eigenvalue weighted by molar-refractivity contribution is -0.123. The fourth-order valence-corrected chi connectivity index (χ4v) is 2.73. The Bertz CT molecular complexity index is 754. The van der Waals surface area contributed by atoms with E-state index in [1.54, 1.807) is 18.2 Å². The van der Waals surface area contributed by atoms with Crippen molar-refractivity contribution in [2.24, 2.45) is 0 Å². The highest BCUT2D eigenvalue weighted by Gasteiger charge is 2.16. The first-order chi connectivity index (χ1) is 11.9. The molecule has 0 aliphatic rings. The van der Waals surface area contributed by atoms with Gasteiger partial charge in [-0.3, -0.25) is 9.59 Å². The molecule has 4 nitrogen and oxygen atoms in total. The number of carbonyl (C=O) groups is 2. The van der Waals surface area contributed by atoms with E-state index in [-0.39, 0.29) is 24.2 Å². The summed E-state index contributed by atoms with van der Waals surface area (Å²) in [6.07, 6.45) is 0.405. The SMILES string of the molecule is CC(=O)N(CC(=O)NCCc1ccccc1F)c1cc(C)cc(C)c1. The molecule has 0 saturated carbocycles. The van der Waals surface area contributed by atoms with E-state index in [0.717, 1.165) is 11.1 Å². The topological polar surface area (TPSA) is 49.4 Å². The van der Waals surface area contributed by atoms with Crippen molar-refractivity contribution in [3.8, 4) is 0 Å². The van der Waals surface area contributed by atoms with Crippen LogP contribution in [-0.4, -0.2) is 24.9 Å². The predicted molar refractivity (Wildman–Crippen MR) is 97.1 cm³/mol. The number of nitrogens with zero attached hydrogens (tertiary/aromatic N) is 1. The lowest BCUT2D eigenvalue weighted by Crippen LogP contribution is -2.40. The number of hydrogen-bond acceptors (Lipinski definition) is 2. The van der Waals surface area contributed by atoms with Gasteiger partial charge in [-0.1, -0.05) is 24.3 Å². The monoisotopic (exact) mass is 342 g/mol. The first kappa shape index (κ1) is 18.6. The van der Waals surface area contributed by atoms with E-state index < -0.39 is 0 Å². The van der Waals surface area contributed by atoms with Crippen LogP contribution < -0.4 is 10.2 Å². The first-order valence-corrected chi connectivity index (χ1v) is 8.23. The average Bonchev–Trinajstić information content (AvgIpc) is 2.53. The van der Waals surface area contributed by atoms with Gasteiger partial charge in [0.1, 0.15) is 12.4 Å². The van der Waals surface area contributed by atoms with Gasteiger partial charge < -0.3 is 10.2 Å². The van der Waals surface area contributed by atoms with Gasteiger partial charge >= 0.3 is 0 Å². The zero-order valence-electron chi connectivity index (χ0n) is 14.8. The Hall–Kier alpha value is -2.69. The Kier molecular flexibility index (Phi) is 6.28. The first-order valence-electron chi connectivity index (χ1n) is 8.23. The highest BCUT2D eigenvalue weighted by molar-refractivity contribution is 5.97. The molecule has 0 saturated heterocycles. The molecule has 0 fully saturated rings. The van der Waals surface area contributed by atoms with Crippen LogP contribution >= 0.6 is 0 Å². The minimum Gasteiger partial charge on any atom is -0.354 e. The summed E-state index contributed by atoms with van der Waals surface area (Å²) in [7, 11) is 0. The van der Waals surface area contributed by atoms with Crippen molar-refractivity contribution in [2.75, 3.05) is 18.0 Å². The number of aryl methyl sites for hydroxylation is 2. The van der Waals surface area contributed by atoms with E-state index in [4.69, 9.17) is 0 Å². The molecule has 2 aromatic rings. The number of hydrogen-bond donors (Lipinski definition) is 1. The van der Waals surface area contributed by atoms with Crippen molar-refractivity contribution in [2.45, 2.75) is 27.2 Å². The molecule has 0 atom stereocenters. The van der Waals surface area contributed by atoms with Crippen LogP contribution in [0.4, 0.5) is 10.1 Å². The van der Waals surface area contributed by atoms with Gasteiger partial charge in [0.15, 0.2) is 0 Å². The van der Waals surface area contributed by atoms with Gasteiger partial charge in [0, 0.05) is 19.2 Å². The molecule has 0 aromatic heterocycles. The summed E-state index contributed by atoms with van der Waals surface area (Å²) in [6, 6.07) is 12.2. The molecule has 25 heavy (non-hydrogen) atoms. The van der Waals surface area contributed by atoms with Gasteiger partial charge in [-0.15, -0.1) is 0 Å². The summed E-state index contributed by atoms with van der Waals surface area (Å²) in [5.41, 5.74) is 3.32. The normalized spacial score (nSPS) is 10.4. The van der Waals surface area contributed by atoms with Gasteiger partial charge in [-0.05, 0) is 55.2 Å². The van der Waals surface area contributed by atoms with Crippen molar-refractivity contribution in [1.29, 1.82) is 0 Å².